The van der Waals surface area contributed by atoms with E-state index in [2.05, 4.69) is 33.8 Å². The molecule has 0 atom stereocenters. The molecule has 4 heteroatoms. The zero-order chi connectivity index (χ0) is 15.9. The molecule has 1 aromatic carbocycles. The summed E-state index contributed by atoms with van der Waals surface area (Å²) in [4.78, 5) is 4.29. The molecule has 1 aromatic rings. The first-order chi connectivity index (χ1) is 11.3. The molecule has 23 heavy (non-hydrogen) atoms. The van der Waals surface area contributed by atoms with Crippen LogP contribution in [0.2, 0.25) is 0 Å². The van der Waals surface area contributed by atoms with E-state index in [4.69, 9.17) is 4.74 Å². The topological polar surface area (TPSA) is 45.7 Å². The Balaban J connectivity index is 1.32. The van der Waals surface area contributed by atoms with Gasteiger partial charge >= 0.3 is 0 Å². The highest BCUT2D eigenvalue weighted by Crippen LogP contribution is 2.28. The summed E-state index contributed by atoms with van der Waals surface area (Å²) >= 11 is 0. The van der Waals surface area contributed by atoms with Crippen molar-refractivity contribution in [1.29, 1.82) is 0 Å². The maximum Gasteiger partial charge on any atom is 0.191 e. The van der Waals surface area contributed by atoms with Crippen LogP contribution in [0.3, 0.4) is 0 Å². The molecule has 1 fully saturated rings. The van der Waals surface area contributed by atoms with Gasteiger partial charge < -0.3 is 15.4 Å². The third kappa shape index (κ3) is 5.24. The normalized spacial score (nSPS) is 17.2. The van der Waals surface area contributed by atoms with Gasteiger partial charge in [0.25, 0.3) is 0 Å². The average molecular weight is 315 g/mol. The Morgan fingerprint density at radius 2 is 2.09 bits per heavy atom. The van der Waals surface area contributed by atoms with Gasteiger partial charge in [-0.15, -0.1) is 0 Å². The van der Waals surface area contributed by atoms with E-state index in [-0.39, 0.29) is 0 Å². The Hall–Kier alpha value is -1.55. The Bertz CT molecular complexity index is 537. The molecule has 0 radical (unpaired) electrons. The molecule has 2 aliphatic carbocycles. The molecule has 2 N–H and O–H groups in total. The molecule has 0 heterocycles. The number of nitrogens with one attached hydrogen (secondary N) is 2. The van der Waals surface area contributed by atoms with Crippen LogP contribution >= 0.6 is 0 Å². The van der Waals surface area contributed by atoms with E-state index in [1.165, 1.54) is 48.8 Å². The van der Waals surface area contributed by atoms with E-state index < -0.39 is 0 Å². The largest absolute Gasteiger partial charge is 0.381 e. The fraction of sp³-hybridized carbons (Fsp3) is 0.632. The van der Waals surface area contributed by atoms with Crippen molar-refractivity contribution in [2.45, 2.75) is 45.1 Å². The summed E-state index contributed by atoms with van der Waals surface area (Å²) in [5.74, 6) is 1.72. The monoisotopic (exact) mass is 315 g/mol. The number of rotatable bonds is 8. The lowest BCUT2D eigenvalue weighted by molar-refractivity contribution is 0.123. The van der Waals surface area contributed by atoms with Gasteiger partial charge in [-0.1, -0.05) is 18.2 Å². The van der Waals surface area contributed by atoms with E-state index >= 15 is 0 Å². The average Bonchev–Trinajstić information content (AvgIpc) is 3.28. The Labute approximate surface area is 139 Å². The van der Waals surface area contributed by atoms with Crippen LogP contribution in [-0.4, -0.2) is 32.8 Å². The smallest absolute Gasteiger partial charge is 0.191 e. The number of ether oxygens (including phenoxy) is 1. The number of hydrogen-bond donors (Lipinski definition) is 2. The van der Waals surface area contributed by atoms with Gasteiger partial charge in [-0.05, 0) is 61.1 Å². The first kappa shape index (κ1) is 16.3. The number of nitrogens with zero attached hydrogens (tertiary/aromatic N) is 1. The third-order valence-electron chi connectivity index (χ3n) is 4.65. The molecule has 3 rings (SSSR count). The minimum absolute atomic E-state index is 0.825. The van der Waals surface area contributed by atoms with Crippen LogP contribution in [0.5, 0.6) is 0 Å². The lowest BCUT2D eigenvalue weighted by atomic mass is 10.1. The number of guanidine groups is 1. The number of aliphatic imine (C=N–C) groups is 1. The summed E-state index contributed by atoms with van der Waals surface area (Å²) in [7, 11) is 1.82. The van der Waals surface area contributed by atoms with Crippen molar-refractivity contribution in [1.82, 2.24) is 10.6 Å². The van der Waals surface area contributed by atoms with Gasteiger partial charge in [-0.25, -0.2) is 0 Å². The summed E-state index contributed by atoms with van der Waals surface area (Å²) in [5.41, 5.74) is 4.39. The van der Waals surface area contributed by atoms with E-state index in [9.17, 15) is 0 Å². The van der Waals surface area contributed by atoms with Crippen LogP contribution < -0.4 is 10.6 Å². The van der Waals surface area contributed by atoms with Gasteiger partial charge in [0.1, 0.15) is 0 Å². The van der Waals surface area contributed by atoms with Gasteiger partial charge in [0.2, 0.25) is 0 Å². The quantitative estimate of drug-likeness (QED) is 0.440. The van der Waals surface area contributed by atoms with Crippen molar-refractivity contribution in [2.24, 2.45) is 10.9 Å². The highest BCUT2D eigenvalue weighted by Gasteiger charge is 2.20. The van der Waals surface area contributed by atoms with Crippen molar-refractivity contribution in [2.75, 3.05) is 26.8 Å². The molecule has 126 valence electrons. The predicted molar refractivity (Wildman–Crippen MR) is 94.8 cm³/mol. The van der Waals surface area contributed by atoms with Crippen LogP contribution in [0.15, 0.2) is 23.2 Å². The first-order valence-corrected chi connectivity index (χ1v) is 8.98. The molecule has 0 saturated heterocycles. The molecule has 0 unspecified atom stereocenters. The van der Waals surface area contributed by atoms with Crippen molar-refractivity contribution in [3.05, 3.63) is 34.9 Å². The number of fused-ring (bicyclic) bond motifs is 1. The zero-order valence-electron chi connectivity index (χ0n) is 14.2. The van der Waals surface area contributed by atoms with Gasteiger partial charge in [-0.3, -0.25) is 4.99 Å². The molecule has 0 amide bonds. The number of hydrogen-bond acceptors (Lipinski definition) is 2. The summed E-state index contributed by atoms with van der Waals surface area (Å²) in [6.45, 7) is 3.51. The van der Waals surface area contributed by atoms with E-state index in [1.807, 2.05) is 7.05 Å². The van der Waals surface area contributed by atoms with Crippen LogP contribution in [-0.2, 0) is 24.1 Å². The first-order valence-electron chi connectivity index (χ1n) is 8.98. The minimum Gasteiger partial charge on any atom is -0.381 e. The second kappa shape index (κ2) is 8.34. The van der Waals surface area contributed by atoms with Crippen LogP contribution in [0.25, 0.3) is 0 Å². The van der Waals surface area contributed by atoms with Crippen molar-refractivity contribution < 1.29 is 4.74 Å². The minimum atomic E-state index is 0.825. The summed E-state index contributed by atoms with van der Waals surface area (Å²) in [6.07, 6.45) is 7.52. The fourth-order valence-corrected chi connectivity index (χ4v) is 3.06. The van der Waals surface area contributed by atoms with Crippen molar-refractivity contribution >= 4 is 5.96 Å². The molecule has 0 aliphatic heterocycles. The zero-order valence-corrected chi connectivity index (χ0v) is 14.2. The summed E-state index contributed by atoms with van der Waals surface area (Å²) < 4.78 is 5.64. The fourth-order valence-electron chi connectivity index (χ4n) is 3.06. The van der Waals surface area contributed by atoms with Gasteiger partial charge in [0.05, 0.1) is 0 Å². The highest BCUT2D eigenvalue weighted by molar-refractivity contribution is 5.79. The summed E-state index contributed by atoms with van der Waals surface area (Å²) in [6, 6.07) is 6.86. The maximum absolute atomic E-state index is 5.64. The van der Waals surface area contributed by atoms with Crippen LogP contribution in [0, 0.1) is 5.92 Å². The van der Waals surface area contributed by atoms with Crippen LogP contribution in [0.1, 0.15) is 42.4 Å². The van der Waals surface area contributed by atoms with E-state index in [0.29, 0.717) is 0 Å². The molecule has 0 aromatic heterocycles. The molecular weight excluding hydrogens is 286 g/mol. The van der Waals surface area contributed by atoms with Gasteiger partial charge in [-0.2, -0.15) is 0 Å². The molecular formula is C19H29N3O. The molecule has 0 bridgehead atoms. The Kier molecular flexibility index (Phi) is 5.92. The number of aryl methyl sites for hydroxylation is 2. The lowest BCUT2D eigenvalue weighted by Crippen LogP contribution is -2.37. The standard InChI is InChI=1S/C19H29N3O/c1-20-19(21-10-3-11-23-14-15-6-7-15)22-13-16-8-9-17-4-2-5-18(17)12-16/h8-9,12,15H,2-7,10-11,13-14H2,1H3,(H2,20,21,22). The second-order valence-corrected chi connectivity index (χ2v) is 6.68. The highest BCUT2D eigenvalue weighted by atomic mass is 16.5. The van der Waals surface area contributed by atoms with Crippen LogP contribution in [0.4, 0.5) is 0 Å². The third-order valence-corrected chi connectivity index (χ3v) is 4.65. The van der Waals surface area contributed by atoms with Crippen molar-refractivity contribution in [3.63, 3.8) is 0 Å². The van der Waals surface area contributed by atoms with E-state index in [1.54, 1.807) is 0 Å². The Morgan fingerprint density at radius 3 is 2.91 bits per heavy atom. The maximum atomic E-state index is 5.64. The van der Waals surface area contributed by atoms with Gasteiger partial charge in [0, 0.05) is 33.4 Å². The Morgan fingerprint density at radius 1 is 1.22 bits per heavy atom. The predicted octanol–water partition coefficient (Wildman–Crippen LogP) is 2.66. The lowest BCUT2D eigenvalue weighted by Gasteiger charge is -2.12. The van der Waals surface area contributed by atoms with Crippen molar-refractivity contribution in [3.8, 4) is 0 Å². The van der Waals surface area contributed by atoms with Gasteiger partial charge in [0.15, 0.2) is 5.96 Å². The summed E-state index contributed by atoms with van der Waals surface area (Å²) in [5, 5.41) is 6.75. The SMILES string of the molecule is CN=C(NCCCOCC1CC1)NCc1ccc2c(c1)CCC2. The molecule has 1 saturated carbocycles. The molecule has 4 nitrogen and oxygen atoms in total. The molecule has 2 aliphatic rings. The molecule has 0 spiro atoms. The second-order valence-electron chi connectivity index (χ2n) is 6.68. The van der Waals surface area contributed by atoms with E-state index in [0.717, 1.165) is 44.6 Å². The number of benzene rings is 1.